The minimum absolute atomic E-state index is 0.190. The molecule has 1 amide bonds. The summed E-state index contributed by atoms with van der Waals surface area (Å²) in [7, 11) is 0. The average Bonchev–Trinajstić information content (AvgIpc) is 2.35. The van der Waals surface area contributed by atoms with E-state index in [1.54, 1.807) is 6.07 Å². The first-order valence-corrected chi connectivity index (χ1v) is 6.69. The van der Waals surface area contributed by atoms with E-state index in [0.29, 0.717) is 17.5 Å². The number of aliphatic hydroxyl groups excluding tert-OH is 1. The molecule has 0 bridgehead atoms. The molecule has 0 radical (unpaired) electrons. The lowest BCUT2D eigenvalue weighted by Gasteiger charge is -2.22. The van der Waals surface area contributed by atoms with Crippen molar-refractivity contribution in [1.29, 1.82) is 0 Å². The highest BCUT2D eigenvalue weighted by Gasteiger charge is 2.12. The molecule has 1 unspecified atom stereocenters. The van der Waals surface area contributed by atoms with Crippen molar-refractivity contribution in [3.05, 3.63) is 34.9 Å². The normalized spacial score (nSPS) is 12.7. The van der Waals surface area contributed by atoms with Gasteiger partial charge in [-0.3, -0.25) is 4.79 Å². The Hall–Kier alpha value is -1.39. The molecule has 0 aliphatic heterocycles. The summed E-state index contributed by atoms with van der Waals surface area (Å²) in [5, 5.41) is 12.5. The van der Waals surface area contributed by atoms with Crippen molar-refractivity contribution >= 4 is 5.91 Å². The van der Waals surface area contributed by atoms with Gasteiger partial charge in [0.1, 0.15) is 0 Å². The van der Waals surface area contributed by atoms with Crippen molar-refractivity contribution in [2.45, 2.75) is 39.8 Å². The van der Waals surface area contributed by atoms with Crippen molar-refractivity contribution in [3.8, 4) is 0 Å². The van der Waals surface area contributed by atoms with Crippen LogP contribution in [-0.4, -0.2) is 23.7 Å². The summed E-state index contributed by atoms with van der Waals surface area (Å²) in [6.45, 7) is 7.16. The van der Waals surface area contributed by atoms with Crippen LogP contribution in [0.5, 0.6) is 0 Å². The number of amides is 1. The van der Waals surface area contributed by atoms with Crippen LogP contribution >= 0.6 is 0 Å². The van der Waals surface area contributed by atoms with E-state index in [9.17, 15) is 4.79 Å². The van der Waals surface area contributed by atoms with Gasteiger partial charge in [0, 0.05) is 24.8 Å². The van der Waals surface area contributed by atoms with Gasteiger partial charge < -0.3 is 16.2 Å². The number of nitrogens with two attached hydrogens (primary N) is 1. The first kappa shape index (κ1) is 15.7. The van der Waals surface area contributed by atoms with Gasteiger partial charge in [0.2, 0.25) is 5.91 Å². The molecule has 0 aromatic heterocycles. The van der Waals surface area contributed by atoms with Gasteiger partial charge in [-0.2, -0.15) is 0 Å². The quantitative estimate of drug-likeness (QED) is 0.700. The van der Waals surface area contributed by atoms with Crippen molar-refractivity contribution in [3.63, 3.8) is 0 Å². The first-order chi connectivity index (χ1) is 8.95. The van der Waals surface area contributed by atoms with Crippen LogP contribution in [-0.2, 0) is 6.54 Å². The monoisotopic (exact) mass is 264 g/mol. The van der Waals surface area contributed by atoms with Crippen molar-refractivity contribution in [1.82, 2.24) is 5.32 Å². The molecule has 1 atom stereocenters. The van der Waals surface area contributed by atoms with E-state index in [2.05, 4.69) is 19.2 Å². The fourth-order valence-electron chi connectivity index (χ4n) is 2.10. The lowest BCUT2D eigenvalue weighted by molar-refractivity contribution is 0.1000. The SMILES string of the molecule is Cc1cc(C(N)=O)ccc1CNC(CCO)C(C)C. The minimum Gasteiger partial charge on any atom is -0.396 e. The molecule has 0 aliphatic carbocycles. The highest BCUT2D eigenvalue weighted by Crippen LogP contribution is 2.13. The molecule has 0 saturated carbocycles. The number of nitrogens with one attached hydrogen (secondary N) is 1. The fraction of sp³-hybridized carbons (Fsp3) is 0.533. The fourth-order valence-corrected chi connectivity index (χ4v) is 2.10. The van der Waals surface area contributed by atoms with Gasteiger partial charge in [-0.25, -0.2) is 0 Å². The number of aryl methyl sites for hydroxylation is 1. The Morgan fingerprint density at radius 3 is 2.58 bits per heavy atom. The number of aliphatic hydroxyl groups is 1. The molecule has 0 saturated heterocycles. The van der Waals surface area contributed by atoms with E-state index in [1.165, 1.54) is 0 Å². The number of primary amides is 1. The summed E-state index contributed by atoms with van der Waals surface area (Å²) < 4.78 is 0. The van der Waals surface area contributed by atoms with Crippen LogP contribution < -0.4 is 11.1 Å². The predicted molar refractivity (Wildman–Crippen MR) is 76.9 cm³/mol. The zero-order valence-corrected chi connectivity index (χ0v) is 11.9. The van der Waals surface area contributed by atoms with Gasteiger partial charge in [0.15, 0.2) is 0 Å². The van der Waals surface area contributed by atoms with Gasteiger partial charge >= 0.3 is 0 Å². The van der Waals surface area contributed by atoms with Crippen LogP contribution in [0.25, 0.3) is 0 Å². The number of rotatable bonds is 7. The Labute approximate surface area is 115 Å². The molecule has 106 valence electrons. The Balaban J connectivity index is 2.69. The van der Waals surface area contributed by atoms with Crippen LogP contribution in [0.15, 0.2) is 18.2 Å². The molecule has 19 heavy (non-hydrogen) atoms. The average molecular weight is 264 g/mol. The maximum atomic E-state index is 11.1. The van der Waals surface area contributed by atoms with Gasteiger partial charge in [-0.05, 0) is 42.5 Å². The lowest BCUT2D eigenvalue weighted by atomic mass is 10.00. The second-order valence-corrected chi connectivity index (χ2v) is 5.25. The third-order valence-electron chi connectivity index (χ3n) is 3.43. The van der Waals surface area contributed by atoms with Gasteiger partial charge in [-0.1, -0.05) is 19.9 Å². The number of carbonyl (C=O) groups is 1. The topological polar surface area (TPSA) is 75.4 Å². The largest absolute Gasteiger partial charge is 0.396 e. The van der Waals surface area contributed by atoms with Gasteiger partial charge in [-0.15, -0.1) is 0 Å². The molecule has 1 rings (SSSR count). The molecule has 4 nitrogen and oxygen atoms in total. The number of hydrogen-bond donors (Lipinski definition) is 3. The number of hydrogen-bond acceptors (Lipinski definition) is 3. The summed E-state index contributed by atoms with van der Waals surface area (Å²) in [6, 6.07) is 5.79. The third kappa shape index (κ3) is 4.65. The second kappa shape index (κ2) is 7.26. The first-order valence-electron chi connectivity index (χ1n) is 6.69. The van der Waals surface area contributed by atoms with Gasteiger partial charge in [0.25, 0.3) is 0 Å². The van der Waals surface area contributed by atoms with Gasteiger partial charge in [0.05, 0.1) is 0 Å². The predicted octanol–water partition coefficient (Wildman–Crippen LogP) is 1.59. The van der Waals surface area contributed by atoms with Crippen molar-refractivity contribution < 1.29 is 9.90 Å². The van der Waals surface area contributed by atoms with E-state index in [0.717, 1.165) is 24.1 Å². The van der Waals surface area contributed by atoms with Crippen LogP contribution in [0.3, 0.4) is 0 Å². The number of carbonyl (C=O) groups excluding carboxylic acids is 1. The summed E-state index contributed by atoms with van der Waals surface area (Å²) in [4.78, 5) is 11.1. The molecule has 0 aliphatic rings. The van der Waals surface area contributed by atoms with Crippen molar-refractivity contribution in [2.24, 2.45) is 11.7 Å². The van der Waals surface area contributed by atoms with Crippen LogP contribution in [0.1, 0.15) is 41.8 Å². The zero-order valence-electron chi connectivity index (χ0n) is 11.9. The highest BCUT2D eigenvalue weighted by molar-refractivity contribution is 5.93. The van der Waals surface area contributed by atoms with Crippen LogP contribution in [0, 0.1) is 12.8 Å². The van der Waals surface area contributed by atoms with E-state index < -0.39 is 5.91 Å². The van der Waals surface area contributed by atoms with E-state index in [-0.39, 0.29) is 6.61 Å². The summed E-state index contributed by atoms with van der Waals surface area (Å²) in [5.41, 5.74) is 7.99. The smallest absolute Gasteiger partial charge is 0.248 e. The summed E-state index contributed by atoms with van der Waals surface area (Å²) in [5.74, 6) is 0.0697. The van der Waals surface area contributed by atoms with Crippen LogP contribution in [0.4, 0.5) is 0 Å². The Bertz CT molecular complexity index is 430. The summed E-state index contributed by atoms with van der Waals surface area (Å²) in [6.07, 6.45) is 0.746. The lowest BCUT2D eigenvalue weighted by Crippen LogP contribution is -2.34. The summed E-state index contributed by atoms with van der Waals surface area (Å²) >= 11 is 0. The van der Waals surface area contributed by atoms with Crippen molar-refractivity contribution in [2.75, 3.05) is 6.61 Å². The third-order valence-corrected chi connectivity index (χ3v) is 3.43. The van der Waals surface area contributed by atoms with Crippen LogP contribution in [0.2, 0.25) is 0 Å². The maximum absolute atomic E-state index is 11.1. The highest BCUT2D eigenvalue weighted by atomic mass is 16.3. The molecule has 4 heteroatoms. The number of benzene rings is 1. The maximum Gasteiger partial charge on any atom is 0.248 e. The Kier molecular flexibility index (Phi) is 5.99. The Morgan fingerprint density at radius 1 is 1.42 bits per heavy atom. The zero-order chi connectivity index (χ0) is 14.4. The molecule has 1 aromatic carbocycles. The standard InChI is InChI=1S/C15H24N2O2/c1-10(2)14(6-7-18)17-9-13-5-4-12(15(16)19)8-11(13)3/h4-5,8,10,14,17-18H,6-7,9H2,1-3H3,(H2,16,19). The molecule has 0 heterocycles. The molecular formula is C15H24N2O2. The molecule has 0 fully saturated rings. The minimum atomic E-state index is -0.400. The molecule has 1 aromatic rings. The van der Waals surface area contributed by atoms with E-state index in [1.807, 2.05) is 19.1 Å². The van der Waals surface area contributed by atoms with E-state index in [4.69, 9.17) is 10.8 Å². The van der Waals surface area contributed by atoms with E-state index >= 15 is 0 Å². The second-order valence-electron chi connectivity index (χ2n) is 5.25. The molecule has 0 spiro atoms. The Morgan fingerprint density at radius 2 is 2.11 bits per heavy atom. The molecular weight excluding hydrogens is 240 g/mol. The molecule has 4 N–H and O–H groups in total.